The molecule has 1 aromatic carbocycles. The normalized spacial score (nSPS) is 15.1. The van der Waals surface area contributed by atoms with Crippen LogP contribution in [0, 0.1) is 19.3 Å². The second-order valence-electron chi connectivity index (χ2n) is 10.1. The first-order chi connectivity index (χ1) is 18.9. The number of aryl methyl sites for hydroxylation is 2. The molecule has 0 aliphatic carbocycles. The molecule has 3 aromatic rings. The molecule has 4 rings (SSSR count). The zero-order valence-corrected chi connectivity index (χ0v) is 23.5. The second kappa shape index (κ2) is 11.8. The summed E-state index contributed by atoms with van der Waals surface area (Å²) in [6, 6.07) is 5.89. The van der Waals surface area contributed by atoms with Crippen LogP contribution in [0.1, 0.15) is 33.7 Å². The first kappa shape index (κ1) is 28.7. The Hall–Kier alpha value is -4.29. The number of likely N-dealkylation sites (tertiary alicyclic amines) is 1. The van der Waals surface area contributed by atoms with Crippen molar-refractivity contribution in [2.24, 2.45) is 12.9 Å². The zero-order chi connectivity index (χ0) is 29.1. The number of hydrazine groups is 1. The fourth-order valence-corrected chi connectivity index (χ4v) is 4.76. The summed E-state index contributed by atoms with van der Waals surface area (Å²) < 4.78 is 20.4. The van der Waals surface area contributed by atoms with Crippen molar-refractivity contribution in [3.05, 3.63) is 71.8 Å². The minimum absolute atomic E-state index is 0.116. The molecule has 2 aromatic heterocycles. The van der Waals surface area contributed by atoms with E-state index < -0.39 is 11.9 Å². The van der Waals surface area contributed by atoms with Gasteiger partial charge in [0.2, 0.25) is 0 Å². The van der Waals surface area contributed by atoms with E-state index in [4.69, 9.17) is 16.0 Å². The highest BCUT2D eigenvalue weighted by atomic mass is 19.1. The van der Waals surface area contributed by atoms with Crippen molar-refractivity contribution in [1.82, 2.24) is 19.7 Å². The van der Waals surface area contributed by atoms with Crippen LogP contribution in [0.3, 0.4) is 0 Å². The Morgan fingerprint density at radius 1 is 1.27 bits per heavy atom. The summed E-state index contributed by atoms with van der Waals surface area (Å²) in [5.74, 6) is 6.08. The molecule has 1 saturated heterocycles. The van der Waals surface area contributed by atoms with E-state index in [-0.39, 0.29) is 23.9 Å². The maximum atomic E-state index is 13.5. The van der Waals surface area contributed by atoms with Gasteiger partial charge in [-0.25, -0.2) is 5.84 Å². The van der Waals surface area contributed by atoms with Crippen LogP contribution in [0.5, 0.6) is 5.75 Å². The van der Waals surface area contributed by atoms with Crippen LogP contribution in [0.4, 0.5) is 21.5 Å². The number of nitrogens with zero attached hydrogens (tertiary/aromatic N) is 6. The standard InChI is InChI=1S/C28H36FN9O2/c1-17-27(38(31)16-26(30)25-14-33-37(6)18(25)2)11-21(13-32-17)34-28(39)20-9-23(12-24(10-20)40-19(3)29)36(5)22-7-8-35(4)15-22/h9-14,22,30H,3,7-8,15-16,31H2,1-2,4-6H3,(H,34,39). The molecule has 212 valence electrons. The van der Waals surface area contributed by atoms with Crippen LogP contribution >= 0.6 is 0 Å². The van der Waals surface area contributed by atoms with Gasteiger partial charge < -0.3 is 30.3 Å². The third-order valence-corrected chi connectivity index (χ3v) is 7.22. The maximum absolute atomic E-state index is 13.5. The fourth-order valence-electron chi connectivity index (χ4n) is 4.76. The van der Waals surface area contributed by atoms with Gasteiger partial charge in [-0.2, -0.15) is 9.49 Å². The van der Waals surface area contributed by atoms with Gasteiger partial charge in [0.25, 0.3) is 11.9 Å². The largest absolute Gasteiger partial charge is 0.432 e. The Labute approximate surface area is 233 Å². The molecule has 1 unspecified atom stereocenters. The Bertz CT molecular complexity index is 1440. The molecule has 0 spiro atoms. The van der Waals surface area contributed by atoms with E-state index in [2.05, 4.69) is 38.8 Å². The first-order valence-electron chi connectivity index (χ1n) is 12.9. The average molecular weight is 550 g/mol. The lowest BCUT2D eigenvalue weighted by Crippen LogP contribution is -2.37. The van der Waals surface area contributed by atoms with Gasteiger partial charge in [-0.1, -0.05) is 0 Å². The number of ether oxygens (including phenoxy) is 1. The summed E-state index contributed by atoms with van der Waals surface area (Å²) in [6.45, 7) is 8.84. The summed E-state index contributed by atoms with van der Waals surface area (Å²) in [4.78, 5) is 22.0. The number of rotatable bonds is 10. The number of nitrogens with one attached hydrogen (secondary N) is 2. The van der Waals surface area contributed by atoms with Crippen molar-refractivity contribution in [3.8, 4) is 5.75 Å². The number of halogens is 1. The third kappa shape index (κ3) is 6.46. The van der Waals surface area contributed by atoms with Crippen molar-refractivity contribution in [3.63, 3.8) is 0 Å². The van der Waals surface area contributed by atoms with Gasteiger partial charge in [0.15, 0.2) is 0 Å². The maximum Gasteiger partial charge on any atom is 0.270 e. The molecule has 1 aliphatic rings. The molecule has 11 nitrogen and oxygen atoms in total. The van der Waals surface area contributed by atoms with Crippen LogP contribution in [0.25, 0.3) is 0 Å². The van der Waals surface area contributed by atoms with Crippen molar-refractivity contribution >= 4 is 28.7 Å². The lowest BCUT2D eigenvalue weighted by Gasteiger charge is -2.27. The summed E-state index contributed by atoms with van der Waals surface area (Å²) in [5, 5.41) is 17.0. The van der Waals surface area contributed by atoms with Crippen LogP contribution in [0.15, 0.2) is 49.3 Å². The Morgan fingerprint density at radius 3 is 2.65 bits per heavy atom. The predicted octanol–water partition coefficient (Wildman–Crippen LogP) is 3.39. The molecule has 1 amide bonds. The van der Waals surface area contributed by atoms with Gasteiger partial charge in [0.1, 0.15) is 5.75 Å². The number of amides is 1. The minimum Gasteiger partial charge on any atom is -0.432 e. The van der Waals surface area contributed by atoms with Gasteiger partial charge in [-0.05, 0) is 58.6 Å². The van der Waals surface area contributed by atoms with Gasteiger partial charge in [0.05, 0.1) is 41.7 Å². The highest BCUT2D eigenvalue weighted by molar-refractivity contribution is 6.05. The topological polar surface area (TPSA) is 129 Å². The summed E-state index contributed by atoms with van der Waals surface area (Å²) in [7, 11) is 5.83. The van der Waals surface area contributed by atoms with Gasteiger partial charge in [-0.15, -0.1) is 0 Å². The molecular formula is C28H36FN9O2. The monoisotopic (exact) mass is 549 g/mol. The summed E-state index contributed by atoms with van der Waals surface area (Å²) in [5.41, 5.74) is 4.49. The van der Waals surface area contributed by atoms with E-state index in [0.29, 0.717) is 28.3 Å². The molecule has 0 saturated carbocycles. The van der Waals surface area contributed by atoms with E-state index in [9.17, 15) is 9.18 Å². The molecule has 1 atom stereocenters. The summed E-state index contributed by atoms with van der Waals surface area (Å²) >= 11 is 0. The molecule has 1 aliphatic heterocycles. The fraction of sp³-hybridized carbons (Fsp3) is 0.357. The Morgan fingerprint density at radius 2 is 2.02 bits per heavy atom. The molecular weight excluding hydrogens is 513 g/mol. The van der Waals surface area contributed by atoms with Crippen LogP contribution < -0.4 is 25.8 Å². The number of anilines is 3. The quantitative estimate of drug-likeness (QED) is 0.152. The number of carbonyl (C=O) groups is 1. The molecule has 12 heteroatoms. The van der Waals surface area contributed by atoms with Crippen LogP contribution in [0.2, 0.25) is 0 Å². The number of hydrogen-bond donors (Lipinski definition) is 3. The summed E-state index contributed by atoms with van der Waals surface area (Å²) in [6.07, 6.45) is 4.15. The number of carbonyl (C=O) groups excluding carboxylic acids is 1. The molecule has 40 heavy (non-hydrogen) atoms. The highest BCUT2D eigenvalue weighted by Gasteiger charge is 2.25. The molecule has 3 heterocycles. The van der Waals surface area contributed by atoms with Gasteiger partial charge in [0, 0.05) is 55.3 Å². The average Bonchev–Trinajstić information content (AvgIpc) is 3.48. The van der Waals surface area contributed by atoms with Gasteiger partial charge >= 0.3 is 0 Å². The van der Waals surface area contributed by atoms with Crippen LogP contribution in [-0.2, 0) is 7.05 Å². The lowest BCUT2D eigenvalue weighted by molar-refractivity contribution is 0.102. The SMILES string of the molecule is C=C(F)Oc1cc(C(=O)Nc2cnc(C)c(N(N)CC(=N)c3cnn(C)c3C)c2)cc(N(C)C2CCN(C)C2)c1. The Kier molecular flexibility index (Phi) is 8.50. The van der Waals surface area contributed by atoms with E-state index in [0.717, 1.165) is 30.9 Å². The number of likely N-dealkylation sites (N-methyl/N-ethyl adjacent to an activating group) is 2. The van der Waals surface area contributed by atoms with E-state index >= 15 is 0 Å². The van der Waals surface area contributed by atoms with E-state index in [1.165, 1.54) is 17.3 Å². The smallest absolute Gasteiger partial charge is 0.270 e. The predicted molar refractivity (Wildman–Crippen MR) is 155 cm³/mol. The minimum atomic E-state index is -0.964. The van der Waals surface area contributed by atoms with Crippen molar-refractivity contribution in [2.75, 3.05) is 49.0 Å². The van der Waals surface area contributed by atoms with Gasteiger partial charge in [-0.3, -0.25) is 14.5 Å². The Balaban J connectivity index is 1.54. The molecule has 0 bridgehead atoms. The van der Waals surface area contributed by atoms with E-state index in [1.54, 1.807) is 36.0 Å². The molecule has 0 radical (unpaired) electrons. The van der Waals surface area contributed by atoms with Crippen LogP contribution in [-0.4, -0.2) is 71.1 Å². The van der Waals surface area contributed by atoms with E-state index in [1.807, 2.05) is 21.0 Å². The molecule has 4 N–H and O–H groups in total. The highest BCUT2D eigenvalue weighted by Crippen LogP contribution is 2.29. The number of aromatic nitrogens is 3. The zero-order valence-electron chi connectivity index (χ0n) is 23.5. The lowest BCUT2D eigenvalue weighted by atomic mass is 10.1. The second-order valence-corrected chi connectivity index (χ2v) is 10.1. The number of pyridine rings is 1. The third-order valence-electron chi connectivity index (χ3n) is 7.22. The molecule has 1 fully saturated rings. The van der Waals surface area contributed by atoms with Crippen molar-refractivity contribution in [1.29, 1.82) is 5.41 Å². The number of hydrogen-bond acceptors (Lipinski definition) is 9. The first-order valence-corrected chi connectivity index (χ1v) is 12.9. The number of nitrogens with two attached hydrogens (primary N) is 1. The number of benzene rings is 1. The van der Waals surface area contributed by atoms with Crippen molar-refractivity contribution in [2.45, 2.75) is 26.3 Å². The van der Waals surface area contributed by atoms with Crippen molar-refractivity contribution < 1.29 is 13.9 Å².